The van der Waals surface area contributed by atoms with Gasteiger partial charge in [0.2, 0.25) is 0 Å². The molecule has 3 nitrogen and oxygen atoms in total. The molecule has 0 fully saturated rings. The maximum Gasteiger partial charge on any atom is 0.264 e. The van der Waals surface area contributed by atoms with Crippen molar-refractivity contribution in [3.8, 4) is 0 Å². The summed E-state index contributed by atoms with van der Waals surface area (Å²) in [6, 6.07) is 26.8. The van der Waals surface area contributed by atoms with Gasteiger partial charge in [0.25, 0.3) is 10.0 Å². The van der Waals surface area contributed by atoms with Crippen molar-refractivity contribution >= 4 is 21.3 Å². The van der Waals surface area contributed by atoms with Crippen LogP contribution in [0.15, 0.2) is 102 Å². The Balaban J connectivity index is 1.84. The van der Waals surface area contributed by atoms with E-state index in [-0.39, 0.29) is 0 Å². The molecule has 0 aliphatic carbocycles. The second kappa shape index (κ2) is 8.10. The smallest absolute Gasteiger partial charge is 0.264 e. The molecule has 0 aromatic heterocycles. The van der Waals surface area contributed by atoms with Gasteiger partial charge in [0.15, 0.2) is 0 Å². The van der Waals surface area contributed by atoms with Crippen LogP contribution in [-0.2, 0) is 10.0 Å². The van der Waals surface area contributed by atoms with Gasteiger partial charge < -0.3 is 0 Å². The van der Waals surface area contributed by atoms with Crippen LogP contribution in [0.4, 0.5) is 0 Å². The fraction of sp³-hybridized carbons (Fsp3) is 0.120. The molecule has 1 aliphatic heterocycles. The van der Waals surface area contributed by atoms with E-state index in [0.29, 0.717) is 23.6 Å². The quantitative estimate of drug-likeness (QED) is 0.578. The zero-order valence-electron chi connectivity index (χ0n) is 16.3. The molecule has 0 saturated heterocycles. The lowest BCUT2D eigenvalue weighted by atomic mass is 10.0. The zero-order valence-corrected chi connectivity index (χ0v) is 17.1. The van der Waals surface area contributed by atoms with Crippen LogP contribution in [0.25, 0.3) is 11.3 Å². The first-order valence-corrected chi connectivity index (χ1v) is 11.1. The largest absolute Gasteiger partial charge is 0.265 e. The van der Waals surface area contributed by atoms with E-state index in [4.69, 9.17) is 0 Å². The van der Waals surface area contributed by atoms with Crippen LogP contribution in [0.2, 0.25) is 0 Å². The fourth-order valence-electron chi connectivity index (χ4n) is 3.49. The molecule has 3 aromatic rings. The first-order chi connectivity index (χ1) is 14.1. The predicted molar refractivity (Wildman–Crippen MR) is 119 cm³/mol. The number of nitrogens with zero attached hydrogens (tertiary/aromatic N) is 1. The predicted octanol–water partition coefficient (Wildman–Crippen LogP) is 5.51. The van der Waals surface area contributed by atoms with Crippen LogP contribution >= 0.6 is 0 Å². The lowest BCUT2D eigenvalue weighted by molar-refractivity contribution is 0.514. The standard InChI is InChI=1S/C25H23NO2S/c1-20-14-16-24(17-15-20)29(27,28)26-18-8-13-23(21-9-4-2-5-10-21)19-25(26)22-11-6-3-7-12-22/h2-7,9-17,19H,8,18H2,1H3. The number of aryl methyl sites for hydroxylation is 1. The third kappa shape index (κ3) is 4.03. The normalized spacial score (nSPS) is 14.7. The van der Waals surface area contributed by atoms with Crippen LogP contribution < -0.4 is 0 Å². The summed E-state index contributed by atoms with van der Waals surface area (Å²) in [5, 5.41) is 0. The van der Waals surface area contributed by atoms with E-state index >= 15 is 0 Å². The molecule has 1 aliphatic rings. The fourth-order valence-corrected chi connectivity index (χ4v) is 4.99. The molecule has 0 unspecified atom stereocenters. The minimum Gasteiger partial charge on any atom is -0.265 e. The molecule has 1 heterocycles. The Hall–Kier alpha value is -3.11. The molecule has 0 radical (unpaired) electrons. The minimum atomic E-state index is -3.67. The lowest BCUT2D eigenvalue weighted by Gasteiger charge is -2.26. The van der Waals surface area contributed by atoms with Crippen LogP contribution in [0.1, 0.15) is 23.1 Å². The SMILES string of the molecule is Cc1ccc(S(=O)(=O)N2CCC=C(c3ccccc3)C=C2c2ccccc2)cc1. The van der Waals surface area contributed by atoms with Crippen molar-refractivity contribution in [1.29, 1.82) is 0 Å². The van der Waals surface area contributed by atoms with Gasteiger partial charge in [0, 0.05) is 6.54 Å². The maximum atomic E-state index is 13.5. The van der Waals surface area contributed by atoms with Gasteiger partial charge in [0.1, 0.15) is 0 Å². The molecule has 4 heteroatoms. The van der Waals surface area contributed by atoms with Gasteiger partial charge in [-0.2, -0.15) is 0 Å². The summed E-state index contributed by atoms with van der Waals surface area (Å²) in [6.45, 7) is 2.35. The highest BCUT2D eigenvalue weighted by molar-refractivity contribution is 7.89. The minimum absolute atomic E-state index is 0.313. The summed E-state index contributed by atoms with van der Waals surface area (Å²) in [7, 11) is -3.67. The van der Waals surface area contributed by atoms with E-state index in [0.717, 1.165) is 22.3 Å². The molecular formula is C25H23NO2S. The summed E-state index contributed by atoms with van der Waals surface area (Å²) in [6.07, 6.45) is 4.74. The van der Waals surface area contributed by atoms with Gasteiger partial charge in [-0.3, -0.25) is 4.31 Å². The Labute approximate surface area is 172 Å². The van der Waals surface area contributed by atoms with Crippen LogP contribution in [0.3, 0.4) is 0 Å². The van der Waals surface area contributed by atoms with E-state index in [1.807, 2.05) is 73.7 Å². The number of rotatable bonds is 4. The molecule has 0 atom stereocenters. The van der Waals surface area contributed by atoms with Crippen molar-refractivity contribution in [2.75, 3.05) is 6.54 Å². The lowest BCUT2D eigenvalue weighted by Crippen LogP contribution is -2.30. The molecule has 0 bridgehead atoms. The van der Waals surface area contributed by atoms with Gasteiger partial charge in [0.05, 0.1) is 10.6 Å². The van der Waals surface area contributed by atoms with Crippen molar-refractivity contribution in [3.05, 3.63) is 114 Å². The van der Waals surface area contributed by atoms with E-state index in [1.54, 1.807) is 16.4 Å². The van der Waals surface area contributed by atoms with Crippen LogP contribution in [0, 0.1) is 6.92 Å². The molecule has 29 heavy (non-hydrogen) atoms. The molecule has 0 N–H and O–H groups in total. The molecule has 4 rings (SSSR count). The average Bonchev–Trinajstić information content (AvgIpc) is 2.99. The van der Waals surface area contributed by atoms with Crippen molar-refractivity contribution in [2.24, 2.45) is 0 Å². The molecule has 0 amide bonds. The number of allylic oxidation sites excluding steroid dienone is 2. The van der Waals surface area contributed by atoms with Crippen molar-refractivity contribution < 1.29 is 8.42 Å². The maximum absolute atomic E-state index is 13.5. The van der Waals surface area contributed by atoms with Crippen molar-refractivity contribution in [3.63, 3.8) is 0 Å². The second-order valence-corrected chi connectivity index (χ2v) is 8.96. The summed E-state index contributed by atoms with van der Waals surface area (Å²) in [5.41, 5.74) is 4.72. The number of hydrogen-bond donors (Lipinski definition) is 0. The third-order valence-electron chi connectivity index (χ3n) is 5.04. The topological polar surface area (TPSA) is 37.4 Å². The first kappa shape index (κ1) is 19.2. The summed E-state index contributed by atoms with van der Waals surface area (Å²) >= 11 is 0. The monoisotopic (exact) mass is 401 g/mol. The van der Waals surface area contributed by atoms with Gasteiger partial charge in [-0.25, -0.2) is 8.42 Å². The molecular weight excluding hydrogens is 378 g/mol. The molecule has 0 spiro atoms. The molecule has 3 aromatic carbocycles. The van der Waals surface area contributed by atoms with E-state index < -0.39 is 10.0 Å². The Bertz CT molecular complexity index is 1150. The highest BCUT2D eigenvalue weighted by Gasteiger charge is 2.28. The number of benzene rings is 3. The zero-order chi connectivity index (χ0) is 20.3. The van der Waals surface area contributed by atoms with E-state index in [2.05, 4.69) is 18.2 Å². The summed E-state index contributed by atoms with van der Waals surface area (Å²) in [5.74, 6) is 0. The Kier molecular flexibility index (Phi) is 5.36. The van der Waals surface area contributed by atoms with Gasteiger partial charge in [-0.15, -0.1) is 0 Å². The van der Waals surface area contributed by atoms with Gasteiger partial charge >= 0.3 is 0 Å². The Morgan fingerprint density at radius 3 is 1.97 bits per heavy atom. The summed E-state index contributed by atoms with van der Waals surface area (Å²) in [4.78, 5) is 0.313. The highest BCUT2D eigenvalue weighted by Crippen LogP contribution is 2.33. The summed E-state index contributed by atoms with van der Waals surface area (Å²) < 4.78 is 28.6. The van der Waals surface area contributed by atoms with Crippen molar-refractivity contribution in [1.82, 2.24) is 4.31 Å². The van der Waals surface area contributed by atoms with E-state index in [1.165, 1.54) is 0 Å². The van der Waals surface area contributed by atoms with Crippen molar-refractivity contribution in [2.45, 2.75) is 18.2 Å². The average molecular weight is 402 g/mol. The van der Waals surface area contributed by atoms with Gasteiger partial charge in [-0.05, 0) is 48.3 Å². The molecule has 0 saturated carbocycles. The first-order valence-electron chi connectivity index (χ1n) is 9.68. The number of sulfonamides is 1. The Morgan fingerprint density at radius 2 is 1.34 bits per heavy atom. The van der Waals surface area contributed by atoms with Gasteiger partial charge in [-0.1, -0.05) is 84.4 Å². The van der Waals surface area contributed by atoms with E-state index in [9.17, 15) is 8.42 Å². The molecule has 146 valence electrons. The highest BCUT2D eigenvalue weighted by atomic mass is 32.2. The third-order valence-corrected chi connectivity index (χ3v) is 6.87. The number of hydrogen-bond acceptors (Lipinski definition) is 2. The second-order valence-electron chi connectivity index (χ2n) is 7.10. The Morgan fingerprint density at radius 1 is 0.759 bits per heavy atom. The van der Waals surface area contributed by atoms with Crippen LogP contribution in [0.5, 0.6) is 0 Å². The van der Waals surface area contributed by atoms with Crippen LogP contribution in [-0.4, -0.2) is 19.3 Å².